The van der Waals surface area contributed by atoms with Crippen LogP contribution in [0.15, 0.2) is 12.1 Å². The van der Waals surface area contributed by atoms with Crippen LogP contribution in [0.25, 0.3) is 17.0 Å². The van der Waals surface area contributed by atoms with Crippen molar-refractivity contribution < 1.29 is 28.8 Å². The Balaban J connectivity index is 1.98. The summed E-state index contributed by atoms with van der Waals surface area (Å²) in [6, 6.07) is 0. The van der Waals surface area contributed by atoms with Gasteiger partial charge >= 0.3 is 7.38 Å². The highest BCUT2D eigenvalue weighted by molar-refractivity contribution is 7.69. The van der Waals surface area contributed by atoms with Gasteiger partial charge in [0.15, 0.2) is 29.1 Å². The molecule has 1 aliphatic rings. The number of nitrogens with two attached hydrogens (primary N) is 1. The van der Waals surface area contributed by atoms with Gasteiger partial charge in [0.25, 0.3) is 0 Å². The van der Waals surface area contributed by atoms with Crippen molar-refractivity contribution in [1.82, 2.24) is 19.5 Å². The minimum absolute atomic E-state index is 0.0706. The van der Waals surface area contributed by atoms with E-state index in [1.54, 1.807) is 0 Å². The van der Waals surface area contributed by atoms with Crippen LogP contribution in [0.3, 0.4) is 0 Å². The van der Waals surface area contributed by atoms with E-state index in [-0.39, 0.29) is 35.5 Å². The van der Waals surface area contributed by atoms with Crippen LogP contribution >= 0.6 is 18.6 Å². The third-order valence-corrected chi connectivity index (χ3v) is 3.89. The molecule has 0 fully saturated rings. The topological polar surface area (TPSA) is 155 Å². The Bertz CT molecular complexity index is 842. The van der Waals surface area contributed by atoms with Gasteiger partial charge in [0.2, 0.25) is 29.0 Å². The molecular formula is C11H12ClN5O6P+. The molecule has 1 unspecified atom stereocenters. The Hall–Kier alpha value is -2.20. The lowest BCUT2D eigenvalue weighted by Crippen LogP contribution is -2.28. The van der Waals surface area contributed by atoms with Gasteiger partial charge in [-0.2, -0.15) is 9.97 Å². The SMILES string of the molecule is COc1nc(N)nc2c1ncn2C1=C(O)[C@H](O)[C@@H](CO[P+](=O)Cl)O1. The number of nitrogens with zero attached hydrogens (tertiary/aromatic N) is 4. The number of rotatable bonds is 5. The predicted molar refractivity (Wildman–Crippen MR) is 82.4 cm³/mol. The minimum atomic E-state index is -2.39. The molecule has 2 aromatic rings. The zero-order valence-corrected chi connectivity index (χ0v) is 13.8. The van der Waals surface area contributed by atoms with E-state index in [9.17, 15) is 14.8 Å². The fourth-order valence-corrected chi connectivity index (χ4v) is 2.62. The third-order valence-electron chi connectivity index (χ3n) is 3.25. The van der Waals surface area contributed by atoms with Crippen molar-refractivity contribution in [3.63, 3.8) is 0 Å². The second-order valence-corrected chi connectivity index (χ2v) is 6.19. The van der Waals surface area contributed by atoms with Gasteiger partial charge in [-0.25, -0.2) is 9.55 Å². The predicted octanol–water partition coefficient (Wildman–Crippen LogP) is 0.774. The molecule has 0 amide bonds. The van der Waals surface area contributed by atoms with Crippen molar-refractivity contribution in [2.24, 2.45) is 0 Å². The Morgan fingerprint density at radius 2 is 2.29 bits per heavy atom. The fraction of sp³-hybridized carbons (Fsp3) is 0.364. The summed E-state index contributed by atoms with van der Waals surface area (Å²) in [5, 5.41) is 20.1. The lowest BCUT2D eigenvalue weighted by atomic mass is 10.2. The molecule has 4 N–H and O–H groups in total. The van der Waals surface area contributed by atoms with Crippen LogP contribution in [0.2, 0.25) is 0 Å². The van der Waals surface area contributed by atoms with Gasteiger partial charge in [0.05, 0.1) is 7.11 Å². The first kappa shape index (κ1) is 16.7. The lowest BCUT2D eigenvalue weighted by Gasteiger charge is -2.12. The Kier molecular flexibility index (Phi) is 4.41. The molecule has 3 heterocycles. The van der Waals surface area contributed by atoms with Gasteiger partial charge in [-0.3, -0.25) is 0 Å². The van der Waals surface area contributed by atoms with Gasteiger partial charge in [0.1, 0.15) is 12.9 Å². The number of aromatic nitrogens is 4. The van der Waals surface area contributed by atoms with E-state index in [2.05, 4.69) is 15.0 Å². The molecule has 0 radical (unpaired) electrons. The van der Waals surface area contributed by atoms with Crippen LogP contribution in [0.1, 0.15) is 0 Å². The number of aliphatic hydroxyl groups is 2. The van der Waals surface area contributed by atoms with Gasteiger partial charge in [-0.05, 0) is 4.57 Å². The minimum Gasteiger partial charge on any atom is -0.505 e. The first-order chi connectivity index (χ1) is 11.4. The second-order valence-electron chi connectivity index (χ2n) is 4.68. The van der Waals surface area contributed by atoms with Crippen LogP contribution < -0.4 is 10.5 Å². The van der Waals surface area contributed by atoms with Gasteiger partial charge in [0, 0.05) is 0 Å². The Morgan fingerprint density at radius 3 is 2.96 bits per heavy atom. The number of imidazole rings is 1. The number of hydrogen-bond acceptors (Lipinski definition) is 10. The Labute approximate surface area is 140 Å². The Morgan fingerprint density at radius 1 is 1.54 bits per heavy atom. The van der Waals surface area contributed by atoms with E-state index in [0.717, 1.165) is 0 Å². The highest BCUT2D eigenvalue weighted by Crippen LogP contribution is 2.34. The first-order valence-electron chi connectivity index (χ1n) is 6.51. The summed E-state index contributed by atoms with van der Waals surface area (Å²) in [6.45, 7) is -0.291. The van der Waals surface area contributed by atoms with Gasteiger partial charge in [-0.1, -0.05) is 0 Å². The molecule has 0 bridgehead atoms. The number of methoxy groups -OCH3 is 1. The van der Waals surface area contributed by atoms with Gasteiger partial charge in [-0.15, -0.1) is 4.52 Å². The summed E-state index contributed by atoms with van der Waals surface area (Å²) in [5.41, 5.74) is 6.11. The molecular weight excluding hydrogens is 365 g/mol. The zero-order valence-electron chi connectivity index (χ0n) is 12.2. The van der Waals surface area contributed by atoms with E-state index in [1.165, 1.54) is 18.0 Å². The summed E-state index contributed by atoms with van der Waals surface area (Å²) in [4.78, 5) is 12.0. The average molecular weight is 377 g/mol. The zero-order chi connectivity index (χ0) is 17.4. The summed E-state index contributed by atoms with van der Waals surface area (Å²) < 4.78 is 27.3. The fourth-order valence-electron chi connectivity index (χ4n) is 2.19. The molecule has 13 heteroatoms. The monoisotopic (exact) mass is 376 g/mol. The molecule has 0 saturated heterocycles. The average Bonchev–Trinajstić information content (AvgIpc) is 3.07. The second kappa shape index (κ2) is 6.36. The molecule has 0 saturated carbocycles. The maximum absolute atomic E-state index is 10.8. The smallest absolute Gasteiger partial charge is 0.505 e. The van der Waals surface area contributed by atoms with E-state index in [4.69, 9.17) is 31.0 Å². The number of fused-ring (bicyclic) bond motifs is 1. The molecule has 11 nitrogen and oxygen atoms in total. The highest BCUT2D eigenvalue weighted by atomic mass is 35.7. The quantitative estimate of drug-likeness (QED) is 0.637. The molecule has 3 atom stereocenters. The summed E-state index contributed by atoms with van der Waals surface area (Å²) in [6.07, 6.45) is -1.11. The van der Waals surface area contributed by atoms with Crippen molar-refractivity contribution in [1.29, 1.82) is 0 Å². The van der Waals surface area contributed by atoms with E-state index >= 15 is 0 Å². The van der Waals surface area contributed by atoms with Crippen LogP contribution in [0.5, 0.6) is 5.88 Å². The number of ether oxygens (including phenoxy) is 2. The number of anilines is 1. The molecule has 0 aromatic carbocycles. The van der Waals surface area contributed by atoms with Crippen LogP contribution in [-0.4, -0.2) is 55.7 Å². The van der Waals surface area contributed by atoms with Crippen LogP contribution in [-0.2, 0) is 13.8 Å². The van der Waals surface area contributed by atoms with E-state index in [0.29, 0.717) is 0 Å². The number of hydrogen-bond donors (Lipinski definition) is 3. The molecule has 0 spiro atoms. The molecule has 2 aromatic heterocycles. The van der Waals surface area contributed by atoms with E-state index < -0.39 is 25.3 Å². The standard InChI is InChI=1S/C11H11ClN5O6P/c1-21-9-5-8(15-11(13)16-9)17(3-14-5)10-7(19)6(18)4(23-10)2-22-24(12)20/h3-4,6,18H,2H2,1H3,(H2-,13,15,16,19)/p+1/t4-,6-/m1/s1. The third kappa shape index (κ3) is 2.82. The summed E-state index contributed by atoms with van der Waals surface area (Å²) in [5.74, 6) is -0.514. The van der Waals surface area contributed by atoms with Crippen molar-refractivity contribution in [2.45, 2.75) is 12.2 Å². The van der Waals surface area contributed by atoms with Crippen molar-refractivity contribution in [3.05, 3.63) is 12.1 Å². The molecule has 24 heavy (non-hydrogen) atoms. The number of nitrogen functional groups attached to an aromatic ring is 1. The highest BCUT2D eigenvalue weighted by Gasteiger charge is 2.39. The normalized spacial score (nSPS) is 21.2. The van der Waals surface area contributed by atoms with Crippen LogP contribution in [0.4, 0.5) is 5.95 Å². The molecule has 3 rings (SSSR count). The summed E-state index contributed by atoms with van der Waals surface area (Å²) in [7, 11) is -0.994. The van der Waals surface area contributed by atoms with Gasteiger partial charge < -0.3 is 25.4 Å². The van der Waals surface area contributed by atoms with Crippen molar-refractivity contribution in [3.8, 4) is 5.88 Å². The summed E-state index contributed by atoms with van der Waals surface area (Å²) >= 11 is 5.22. The van der Waals surface area contributed by atoms with Crippen molar-refractivity contribution >= 4 is 41.6 Å². The van der Waals surface area contributed by atoms with Crippen LogP contribution in [0, 0.1) is 0 Å². The molecule has 1 aliphatic heterocycles. The lowest BCUT2D eigenvalue weighted by molar-refractivity contribution is 0.0233. The van der Waals surface area contributed by atoms with E-state index in [1.807, 2.05) is 0 Å². The number of aliphatic hydroxyl groups excluding tert-OH is 2. The largest absolute Gasteiger partial charge is 0.633 e. The molecule has 128 valence electrons. The number of halogens is 1. The van der Waals surface area contributed by atoms with Crippen molar-refractivity contribution in [2.75, 3.05) is 19.5 Å². The molecule has 0 aliphatic carbocycles. The maximum atomic E-state index is 10.8. The maximum Gasteiger partial charge on any atom is 0.633 e. The first-order valence-corrected chi connectivity index (χ1v) is 8.59.